The minimum atomic E-state index is 0.302. The molecule has 1 fully saturated rings. The monoisotopic (exact) mass is 218 g/mol. The molecule has 0 aromatic carbocycles. The van der Waals surface area contributed by atoms with Crippen LogP contribution in [0.5, 0.6) is 0 Å². The first kappa shape index (κ1) is 19.8. The molecule has 0 radical (unpaired) electrons. The number of nitrogens with two attached hydrogens (primary N) is 3. The summed E-state index contributed by atoms with van der Waals surface area (Å²) in [4.78, 5) is 13.5. The van der Waals surface area contributed by atoms with Crippen molar-refractivity contribution in [2.75, 3.05) is 21.1 Å². The Balaban J connectivity index is -0.000000208. The summed E-state index contributed by atoms with van der Waals surface area (Å²) in [5.74, 6) is 0. The Morgan fingerprint density at radius 2 is 1.33 bits per heavy atom. The second-order valence-electron chi connectivity index (χ2n) is 2.51. The highest BCUT2D eigenvalue weighted by molar-refractivity contribution is 5.33. The zero-order valence-corrected chi connectivity index (χ0v) is 10.2. The molecule has 0 amide bonds. The van der Waals surface area contributed by atoms with Gasteiger partial charge < -0.3 is 17.2 Å². The molecule has 15 heavy (non-hydrogen) atoms. The standard InChI is InChI=1S/C7H11NO.3CH5N/c9-6-8-7-4-2-1-3-5-7;3*1-2/h7H,1-5H2;3*2H2,1H3. The van der Waals surface area contributed by atoms with Gasteiger partial charge in [-0.15, -0.1) is 0 Å². The van der Waals surface area contributed by atoms with Gasteiger partial charge in [-0.3, -0.25) is 0 Å². The van der Waals surface area contributed by atoms with Crippen LogP contribution >= 0.6 is 0 Å². The van der Waals surface area contributed by atoms with Crippen LogP contribution in [-0.2, 0) is 4.79 Å². The zero-order chi connectivity index (χ0) is 12.5. The average Bonchev–Trinajstić information content (AvgIpc) is 2.38. The molecular weight excluding hydrogens is 192 g/mol. The molecule has 0 aromatic heterocycles. The van der Waals surface area contributed by atoms with Crippen molar-refractivity contribution in [1.82, 2.24) is 0 Å². The summed E-state index contributed by atoms with van der Waals surface area (Å²) in [5, 5.41) is 0. The van der Waals surface area contributed by atoms with E-state index < -0.39 is 0 Å². The lowest BCUT2D eigenvalue weighted by atomic mass is 9.96. The summed E-state index contributed by atoms with van der Waals surface area (Å²) < 4.78 is 0. The van der Waals surface area contributed by atoms with E-state index >= 15 is 0 Å². The first-order valence-corrected chi connectivity index (χ1v) is 5.23. The van der Waals surface area contributed by atoms with Crippen LogP contribution in [0.3, 0.4) is 0 Å². The predicted octanol–water partition coefficient (Wildman–Crippen LogP) is 0.380. The molecule has 1 aliphatic carbocycles. The minimum Gasteiger partial charge on any atom is -0.333 e. The van der Waals surface area contributed by atoms with Gasteiger partial charge in [-0.05, 0) is 34.0 Å². The molecule has 0 aliphatic heterocycles. The van der Waals surface area contributed by atoms with Gasteiger partial charge in [0.1, 0.15) is 0 Å². The van der Waals surface area contributed by atoms with Crippen molar-refractivity contribution < 1.29 is 4.79 Å². The molecule has 5 heteroatoms. The summed E-state index contributed by atoms with van der Waals surface area (Å²) in [6.45, 7) is 0. The molecule has 1 aliphatic rings. The lowest BCUT2D eigenvalue weighted by molar-refractivity contribution is 0.439. The summed E-state index contributed by atoms with van der Waals surface area (Å²) in [6.07, 6.45) is 7.57. The van der Waals surface area contributed by atoms with Crippen LogP contribution in [0.2, 0.25) is 0 Å². The minimum absolute atomic E-state index is 0.302. The van der Waals surface area contributed by atoms with Gasteiger partial charge in [0.2, 0.25) is 6.08 Å². The second kappa shape index (κ2) is 23.2. The lowest BCUT2D eigenvalue weighted by Gasteiger charge is -2.14. The average molecular weight is 218 g/mol. The van der Waals surface area contributed by atoms with E-state index in [0.717, 1.165) is 12.8 Å². The number of isocyanates is 1. The summed E-state index contributed by atoms with van der Waals surface area (Å²) in [5.41, 5.74) is 13.5. The van der Waals surface area contributed by atoms with Gasteiger partial charge in [0.25, 0.3) is 0 Å². The van der Waals surface area contributed by atoms with Crippen molar-refractivity contribution >= 4 is 6.08 Å². The molecule has 0 unspecified atom stereocenters. The largest absolute Gasteiger partial charge is 0.333 e. The second-order valence-corrected chi connectivity index (χ2v) is 2.51. The van der Waals surface area contributed by atoms with Gasteiger partial charge in [0.15, 0.2) is 0 Å². The van der Waals surface area contributed by atoms with Crippen molar-refractivity contribution in [2.45, 2.75) is 38.1 Å². The Morgan fingerprint density at radius 3 is 1.67 bits per heavy atom. The van der Waals surface area contributed by atoms with Gasteiger partial charge >= 0.3 is 0 Å². The van der Waals surface area contributed by atoms with E-state index in [9.17, 15) is 4.79 Å². The molecule has 0 bridgehead atoms. The molecule has 0 saturated heterocycles. The van der Waals surface area contributed by atoms with Gasteiger partial charge in [-0.1, -0.05) is 19.3 Å². The van der Waals surface area contributed by atoms with Gasteiger partial charge in [0, 0.05) is 0 Å². The van der Waals surface area contributed by atoms with E-state index in [1.54, 1.807) is 6.08 Å². The Hall–Kier alpha value is -0.740. The van der Waals surface area contributed by atoms with Crippen molar-refractivity contribution in [3.05, 3.63) is 0 Å². The Labute approximate surface area is 93.1 Å². The quantitative estimate of drug-likeness (QED) is 0.437. The Kier molecular flexibility index (Phi) is 30.6. The van der Waals surface area contributed by atoms with Crippen molar-refractivity contribution in [1.29, 1.82) is 0 Å². The molecule has 0 spiro atoms. The topological polar surface area (TPSA) is 107 Å². The Bertz CT molecular complexity index is 129. The number of hydrogen-bond acceptors (Lipinski definition) is 5. The third-order valence-electron chi connectivity index (χ3n) is 1.81. The highest BCUT2D eigenvalue weighted by atomic mass is 16.1. The van der Waals surface area contributed by atoms with Gasteiger partial charge in [-0.2, -0.15) is 0 Å². The van der Waals surface area contributed by atoms with Crippen LogP contribution in [0.4, 0.5) is 0 Å². The van der Waals surface area contributed by atoms with E-state index in [4.69, 9.17) is 0 Å². The van der Waals surface area contributed by atoms with E-state index in [2.05, 4.69) is 22.2 Å². The summed E-state index contributed by atoms with van der Waals surface area (Å²) in [6, 6.07) is 0.302. The molecule has 92 valence electrons. The van der Waals surface area contributed by atoms with Crippen molar-refractivity contribution in [3.63, 3.8) is 0 Å². The van der Waals surface area contributed by atoms with Gasteiger partial charge in [-0.25, -0.2) is 9.79 Å². The maximum atomic E-state index is 9.78. The number of carbonyl (C=O) groups excluding carboxylic acids is 1. The van der Waals surface area contributed by atoms with Crippen LogP contribution in [0, 0.1) is 0 Å². The van der Waals surface area contributed by atoms with Crippen LogP contribution in [0.15, 0.2) is 4.99 Å². The van der Waals surface area contributed by atoms with E-state index in [1.807, 2.05) is 0 Å². The van der Waals surface area contributed by atoms with Gasteiger partial charge in [0.05, 0.1) is 6.04 Å². The lowest BCUT2D eigenvalue weighted by Crippen LogP contribution is -2.08. The Morgan fingerprint density at radius 1 is 0.933 bits per heavy atom. The summed E-state index contributed by atoms with van der Waals surface area (Å²) in [7, 11) is 4.50. The maximum Gasteiger partial charge on any atom is 0.235 e. The first-order chi connectivity index (χ1) is 7.43. The van der Waals surface area contributed by atoms with E-state index in [-0.39, 0.29) is 0 Å². The van der Waals surface area contributed by atoms with Crippen molar-refractivity contribution in [3.8, 4) is 0 Å². The normalized spacial score (nSPS) is 13.7. The fourth-order valence-corrected chi connectivity index (χ4v) is 1.28. The number of hydrogen-bond donors (Lipinski definition) is 3. The number of aliphatic imine (C=N–C) groups is 1. The fraction of sp³-hybridized carbons (Fsp3) is 0.900. The molecule has 0 aromatic rings. The third-order valence-corrected chi connectivity index (χ3v) is 1.81. The molecule has 0 heterocycles. The zero-order valence-electron chi connectivity index (χ0n) is 10.2. The first-order valence-electron chi connectivity index (χ1n) is 5.23. The van der Waals surface area contributed by atoms with E-state index in [1.165, 1.54) is 40.4 Å². The summed E-state index contributed by atoms with van der Waals surface area (Å²) >= 11 is 0. The SMILES string of the molecule is CN.CN.CN.O=C=NC1CCCCC1. The molecule has 6 N–H and O–H groups in total. The number of rotatable bonds is 1. The van der Waals surface area contributed by atoms with Crippen LogP contribution in [0.25, 0.3) is 0 Å². The predicted molar refractivity (Wildman–Crippen MR) is 65.3 cm³/mol. The maximum absolute atomic E-state index is 9.78. The molecule has 1 rings (SSSR count). The molecule has 1 saturated carbocycles. The number of nitrogens with zero attached hydrogens (tertiary/aromatic N) is 1. The highest BCUT2D eigenvalue weighted by Crippen LogP contribution is 2.19. The van der Waals surface area contributed by atoms with Crippen LogP contribution < -0.4 is 17.2 Å². The highest BCUT2D eigenvalue weighted by Gasteiger charge is 2.10. The van der Waals surface area contributed by atoms with Crippen molar-refractivity contribution in [2.24, 2.45) is 22.2 Å². The third kappa shape index (κ3) is 16.0. The van der Waals surface area contributed by atoms with Crippen LogP contribution in [0.1, 0.15) is 32.1 Å². The molecular formula is C10H26N4O. The molecule has 5 nitrogen and oxygen atoms in total. The molecule has 0 atom stereocenters. The fourth-order valence-electron chi connectivity index (χ4n) is 1.28. The van der Waals surface area contributed by atoms with Crippen LogP contribution in [-0.4, -0.2) is 33.3 Å². The van der Waals surface area contributed by atoms with E-state index in [0.29, 0.717) is 6.04 Å². The smallest absolute Gasteiger partial charge is 0.235 e.